The monoisotopic (exact) mass is 462 g/mol. The van der Waals surface area contributed by atoms with Crippen LogP contribution in [0.3, 0.4) is 0 Å². The Bertz CT molecular complexity index is 1030. The Morgan fingerprint density at radius 3 is 2.59 bits per heavy atom. The smallest absolute Gasteiger partial charge is 0.309 e. The molecule has 0 aromatic heterocycles. The fourth-order valence-electron chi connectivity index (χ4n) is 4.52. The molecule has 0 unspecified atom stereocenters. The van der Waals surface area contributed by atoms with Crippen LogP contribution in [0.15, 0.2) is 48.5 Å². The van der Waals surface area contributed by atoms with Crippen LogP contribution in [0, 0.1) is 17.2 Å². The Morgan fingerprint density at radius 2 is 1.94 bits per heavy atom. The van der Waals surface area contributed by atoms with E-state index in [9.17, 15) is 15.2 Å². The van der Waals surface area contributed by atoms with Gasteiger partial charge in [0.1, 0.15) is 24.5 Å². The third-order valence-corrected chi connectivity index (χ3v) is 6.15. The second-order valence-corrected chi connectivity index (χ2v) is 9.50. The van der Waals surface area contributed by atoms with Crippen molar-refractivity contribution < 1.29 is 19.4 Å². The second kappa shape index (κ2) is 11.8. The van der Waals surface area contributed by atoms with Gasteiger partial charge in [0, 0.05) is 17.6 Å². The molecule has 1 atom stereocenters. The van der Waals surface area contributed by atoms with E-state index >= 15 is 0 Å². The van der Waals surface area contributed by atoms with E-state index in [0.29, 0.717) is 29.3 Å². The summed E-state index contributed by atoms with van der Waals surface area (Å²) >= 11 is 0. The highest BCUT2D eigenvalue weighted by molar-refractivity contribution is 5.73. The van der Waals surface area contributed by atoms with E-state index in [0.717, 1.165) is 19.3 Å². The largest absolute Gasteiger partial charge is 0.489 e. The average Bonchev–Trinajstić information content (AvgIpc) is 3.23. The van der Waals surface area contributed by atoms with Crippen LogP contribution in [0.25, 0.3) is 6.08 Å². The molecular formula is C28H34N2O4. The zero-order chi connectivity index (χ0) is 24.6. The molecule has 2 aromatic carbocycles. The van der Waals surface area contributed by atoms with Crippen molar-refractivity contribution in [3.05, 3.63) is 70.8 Å². The molecular weight excluding hydrogens is 428 g/mol. The number of fused-ring (bicyclic) bond motifs is 1. The standard InChI is InChI=1S/C28H34N2O4/c1-28(2,16-20-14-22-8-4-5-9-23(22)15-20)30-18-25(31)19-34-27-21(10-6-12-24(27)17-29)11-7-13-26(32)33-3/h4-12,20,25,30-31H,13-16,18-19H2,1-3H3/t25-/m1/s1. The van der Waals surface area contributed by atoms with Crippen LogP contribution in [0.5, 0.6) is 5.75 Å². The summed E-state index contributed by atoms with van der Waals surface area (Å²) in [5.41, 5.74) is 3.82. The molecule has 1 aliphatic carbocycles. The molecule has 0 fully saturated rings. The number of ether oxygens (including phenoxy) is 2. The predicted molar refractivity (Wildman–Crippen MR) is 132 cm³/mol. The Balaban J connectivity index is 1.52. The van der Waals surface area contributed by atoms with Gasteiger partial charge in [0.2, 0.25) is 0 Å². The molecule has 3 rings (SSSR count). The summed E-state index contributed by atoms with van der Waals surface area (Å²) in [5.74, 6) is 0.643. The highest BCUT2D eigenvalue weighted by Gasteiger charge is 2.28. The first-order chi connectivity index (χ1) is 16.3. The van der Waals surface area contributed by atoms with E-state index in [1.165, 1.54) is 18.2 Å². The first-order valence-electron chi connectivity index (χ1n) is 11.7. The number of aliphatic hydroxyl groups is 1. The van der Waals surface area contributed by atoms with Crippen molar-refractivity contribution in [2.24, 2.45) is 5.92 Å². The lowest BCUT2D eigenvalue weighted by atomic mass is 9.88. The lowest BCUT2D eigenvalue weighted by molar-refractivity contribution is -0.139. The van der Waals surface area contributed by atoms with Crippen molar-refractivity contribution in [2.45, 2.75) is 51.2 Å². The Morgan fingerprint density at radius 1 is 1.24 bits per heavy atom. The topological polar surface area (TPSA) is 91.6 Å². The molecule has 0 saturated heterocycles. The fourth-order valence-corrected chi connectivity index (χ4v) is 4.52. The van der Waals surface area contributed by atoms with Crippen LogP contribution < -0.4 is 10.1 Å². The minimum atomic E-state index is -0.737. The lowest BCUT2D eigenvalue weighted by Gasteiger charge is -2.30. The summed E-state index contributed by atoms with van der Waals surface area (Å²) in [6.07, 6.45) is 5.99. The van der Waals surface area contributed by atoms with Gasteiger partial charge in [-0.2, -0.15) is 5.26 Å². The van der Waals surface area contributed by atoms with Crippen molar-refractivity contribution in [1.82, 2.24) is 5.32 Å². The van der Waals surface area contributed by atoms with Crippen molar-refractivity contribution in [3.8, 4) is 11.8 Å². The SMILES string of the molecule is COC(=O)CC=Cc1cccc(C#N)c1OC[C@H](O)CNC(C)(C)CC1Cc2ccccc2C1. The predicted octanol–water partition coefficient (Wildman–Crippen LogP) is 4.05. The van der Waals surface area contributed by atoms with Crippen molar-refractivity contribution >= 4 is 12.0 Å². The number of carbonyl (C=O) groups is 1. The number of hydrogen-bond donors (Lipinski definition) is 2. The van der Waals surface area contributed by atoms with Crippen LogP contribution in [0.1, 0.15) is 48.9 Å². The van der Waals surface area contributed by atoms with Gasteiger partial charge in [0.25, 0.3) is 0 Å². The average molecular weight is 463 g/mol. The molecule has 2 N–H and O–H groups in total. The highest BCUT2D eigenvalue weighted by Crippen LogP contribution is 2.32. The second-order valence-electron chi connectivity index (χ2n) is 9.50. The zero-order valence-electron chi connectivity index (χ0n) is 20.2. The van der Waals surface area contributed by atoms with Crippen LogP contribution in [-0.4, -0.2) is 43.0 Å². The minimum absolute atomic E-state index is 0.0501. The van der Waals surface area contributed by atoms with Crippen molar-refractivity contribution in [1.29, 1.82) is 5.26 Å². The van der Waals surface area contributed by atoms with E-state index in [4.69, 9.17) is 4.74 Å². The van der Waals surface area contributed by atoms with E-state index in [1.807, 2.05) is 0 Å². The van der Waals surface area contributed by atoms with Gasteiger partial charge >= 0.3 is 5.97 Å². The molecule has 2 aromatic rings. The number of aliphatic hydroxyl groups excluding tert-OH is 1. The van der Waals surface area contributed by atoms with Crippen LogP contribution in [-0.2, 0) is 22.4 Å². The summed E-state index contributed by atoms with van der Waals surface area (Å²) in [5, 5.41) is 23.5. The number of para-hydroxylation sites is 1. The van der Waals surface area contributed by atoms with E-state index < -0.39 is 6.10 Å². The van der Waals surface area contributed by atoms with Gasteiger partial charge in [0.05, 0.1) is 19.1 Å². The third-order valence-electron chi connectivity index (χ3n) is 6.15. The van der Waals surface area contributed by atoms with E-state index in [2.05, 4.69) is 54.2 Å². The first kappa shape index (κ1) is 25.5. The normalized spacial score (nSPS) is 14.6. The summed E-state index contributed by atoms with van der Waals surface area (Å²) in [6, 6.07) is 16.0. The highest BCUT2D eigenvalue weighted by atomic mass is 16.5. The maximum absolute atomic E-state index is 11.3. The molecule has 180 valence electrons. The molecule has 34 heavy (non-hydrogen) atoms. The van der Waals surface area contributed by atoms with Gasteiger partial charge in [0.15, 0.2) is 0 Å². The molecule has 6 heteroatoms. The van der Waals surface area contributed by atoms with E-state index in [-0.39, 0.29) is 24.5 Å². The number of rotatable bonds is 11. The number of nitrogens with one attached hydrogen (secondary N) is 1. The van der Waals surface area contributed by atoms with Crippen LogP contribution >= 0.6 is 0 Å². The maximum atomic E-state index is 11.3. The molecule has 0 aliphatic heterocycles. The van der Waals surface area contributed by atoms with Crippen molar-refractivity contribution in [3.63, 3.8) is 0 Å². The zero-order valence-corrected chi connectivity index (χ0v) is 20.2. The minimum Gasteiger partial charge on any atom is -0.489 e. The van der Waals surface area contributed by atoms with Gasteiger partial charge in [-0.1, -0.05) is 48.6 Å². The van der Waals surface area contributed by atoms with Gasteiger partial charge in [-0.25, -0.2) is 0 Å². The summed E-state index contributed by atoms with van der Waals surface area (Å²) in [4.78, 5) is 11.3. The molecule has 0 saturated carbocycles. The number of benzene rings is 2. The molecule has 0 spiro atoms. The maximum Gasteiger partial charge on any atom is 0.309 e. The molecule has 0 amide bonds. The van der Waals surface area contributed by atoms with Gasteiger partial charge in [-0.15, -0.1) is 0 Å². The van der Waals surface area contributed by atoms with E-state index in [1.54, 1.807) is 30.4 Å². The Hall–Kier alpha value is -3.14. The lowest BCUT2D eigenvalue weighted by Crippen LogP contribution is -2.46. The summed E-state index contributed by atoms with van der Waals surface area (Å²) < 4.78 is 10.5. The Labute approximate surface area is 202 Å². The number of nitrogens with zero attached hydrogens (tertiary/aromatic N) is 1. The number of esters is 1. The third kappa shape index (κ3) is 7.18. The number of carbonyl (C=O) groups excluding carboxylic acids is 1. The molecule has 1 aliphatic rings. The van der Waals surface area contributed by atoms with Gasteiger partial charge < -0.3 is 19.9 Å². The quantitative estimate of drug-likeness (QED) is 0.490. The number of β-amino-alcohol motifs (C(OH)–C–C–N with tert-alkyl or cyclic N) is 1. The first-order valence-corrected chi connectivity index (χ1v) is 11.7. The fraction of sp³-hybridized carbons (Fsp3) is 0.429. The summed E-state index contributed by atoms with van der Waals surface area (Å²) in [6.45, 7) is 4.76. The van der Waals surface area contributed by atoms with Gasteiger partial charge in [-0.3, -0.25) is 4.79 Å². The number of hydrogen-bond acceptors (Lipinski definition) is 6. The van der Waals surface area contributed by atoms with Gasteiger partial charge in [-0.05, 0) is 56.2 Å². The van der Waals surface area contributed by atoms with Crippen LogP contribution in [0.4, 0.5) is 0 Å². The molecule has 0 radical (unpaired) electrons. The molecule has 0 heterocycles. The number of methoxy groups -OCH3 is 1. The van der Waals surface area contributed by atoms with Crippen molar-refractivity contribution in [2.75, 3.05) is 20.3 Å². The van der Waals surface area contributed by atoms with Crippen LogP contribution in [0.2, 0.25) is 0 Å². The number of nitriles is 1. The molecule has 6 nitrogen and oxygen atoms in total. The summed E-state index contributed by atoms with van der Waals surface area (Å²) in [7, 11) is 1.34. The Kier molecular flexibility index (Phi) is 8.86. The molecule has 0 bridgehead atoms.